The van der Waals surface area contributed by atoms with Crippen LogP contribution in [-0.4, -0.2) is 8.42 Å². The lowest BCUT2D eigenvalue weighted by atomic mass is 10.0. The number of nitrogens with one attached hydrogen (secondary N) is 1. The van der Waals surface area contributed by atoms with Crippen molar-refractivity contribution in [2.45, 2.75) is 30.7 Å². The van der Waals surface area contributed by atoms with Crippen molar-refractivity contribution >= 4 is 10.0 Å². The third kappa shape index (κ3) is 3.34. The maximum Gasteiger partial charge on any atom is 0.241 e. The third-order valence-corrected chi connectivity index (χ3v) is 5.32. The summed E-state index contributed by atoms with van der Waals surface area (Å²) < 4.78 is 28.0. The van der Waals surface area contributed by atoms with Crippen molar-refractivity contribution in [3.05, 3.63) is 65.7 Å². The van der Waals surface area contributed by atoms with Crippen LogP contribution in [-0.2, 0) is 10.0 Å². The molecule has 1 N–H and O–H groups in total. The van der Waals surface area contributed by atoms with E-state index in [0.717, 1.165) is 24.0 Å². The van der Waals surface area contributed by atoms with Crippen LogP contribution in [0.1, 0.15) is 30.0 Å². The van der Waals surface area contributed by atoms with Gasteiger partial charge in [0, 0.05) is 6.04 Å². The first-order valence-electron chi connectivity index (χ1n) is 7.20. The minimum atomic E-state index is -3.48. The fourth-order valence-electron chi connectivity index (χ4n) is 2.48. The van der Waals surface area contributed by atoms with E-state index in [0.29, 0.717) is 10.8 Å². The zero-order chi connectivity index (χ0) is 14.9. The van der Waals surface area contributed by atoms with E-state index in [9.17, 15) is 8.42 Å². The summed E-state index contributed by atoms with van der Waals surface area (Å²) in [4.78, 5) is 0.328. The summed E-state index contributed by atoms with van der Waals surface area (Å²) in [5.41, 5.74) is 2.09. The molecule has 2 aromatic rings. The Morgan fingerprint density at radius 2 is 1.62 bits per heavy atom. The zero-order valence-electron chi connectivity index (χ0n) is 12.0. The molecule has 1 atom stereocenters. The highest BCUT2D eigenvalue weighted by Gasteiger charge is 2.35. The SMILES string of the molecule is Cc1ccc(S(=O)(=O)NC(c2ccccc2)C2CC2)cc1. The Morgan fingerprint density at radius 3 is 2.19 bits per heavy atom. The number of rotatable bonds is 5. The van der Waals surface area contributed by atoms with Crippen molar-refractivity contribution in [2.24, 2.45) is 5.92 Å². The van der Waals surface area contributed by atoms with Gasteiger partial charge in [-0.1, -0.05) is 48.0 Å². The van der Waals surface area contributed by atoms with Gasteiger partial charge in [0.1, 0.15) is 0 Å². The average molecular weight is 301 g/mol. The predicted octanol–water partition coefficient (Wildman–Crippen LogP) is 3.42. The molecule has 0 radical (unpaired) electrons. The van der Waals surface area contributed by atoms with E-state index >= 15 is 0 Å². The van der Waals surface area contributed by atoms with Crippen molar-refractivity contribution in [3.63, 3.8) is 0 Å². The van der Waals surface area contributed by atoms with Crippen LogP contribution in [0.25, 0.3) is 0 Å². The van der Waals surface area contributed by atoms with Crippen molar-refractivity contribution in [1.29, 1.82) is 0 Å². The normalized spacial score (nSPS) is 16.6. The molecule has 1 saturated carbocycles. The van der Waals surface area contributed by atoms with Crippen LogP contribution in [0.3, 0.4) is 0 Å². The molecule has 1 fully saturated rings. The monoisotopic (exact) mass is 301 g/mol. The lowest BCUT2D eigenvalue weighted by Crippen LogP contribution is -2.30. The molecular formula is C17H19NO2S. The number of hydrogen-bond acceptors (Lipinski definition) is 2. The second kappa shape index (κ2) is 5.62. The van der Waals surface area contributed by atoms with Gasteiger partial charge in [0.15, 0.2) is 0 Å². The fraction of sp³-hybridized carbons (Fsp3) is 0.294. The number of benzene rings is 2. The number of sulfonamides is 1. The van der Waals surface area contributed by atoms with E-state index in [4.69, 9.17) is 0 Å². The molecule has 0 spiro atoms. The third-order valence-electron chi connectivity index (χ3n) is 3.87. The van der Waals surface area contributed by atoms with Crippen molar-refractivity contribution in [1.82, 2.24) is 4.72 Å². The van der Waals surface area contributed by atoms with E-state index in [1.807, 2.05) is 49.4 Å². The molecule has 3 rings (SSSR count). The fourth-order valence-corrected chi connectivity index (χ4v) is 3.77. The smallest absolute Gasteiger partial charge is 0.207 e. The van der Waals surface area contributed by atoms with Crippen molar-refractivity contribution < 1.29 is 8.42 Å². The Labute approximate surface area is 126 Å². The van der Waals surface area contributed by atoms with Gasteiger partial charge in [-0.15, -0.1) is 0 Å². The topological polar surface area (TPSA) is 46.2 Å². The highest BCUT2D eigenvalue weighted by atomic mass is 32.2. The minimum Gasteiger partial charge on any atom is -0.207 e. The summed E-state index contributed by atoms with van der Waals surface area (Å²) in [7, 11) is -3.48. The maximum atomic E-state index is 12.5. The van der Waals surface area contributed by atoms with Gasteiger partial charge in [0.2, 0.25) is 10.0 Å². The molecule has 21 heavy (non-hydrogen) atoms. The maximum absolute atomic E-state index is 12.5. The molecule has 1 unspecified atom stereocenters. The standard InChI is InChI=1S/C17H19NO2S/c1-13-7-11-16(12-8-13)21(19,20)18-17(15-9-10-15)14-5-3-2-4-6-14/h2-8,11-12,15,17-18H,9-10H2,1H3. The lowest BCUT2D eigenvalue weighted by molar-refractivity contribution is 0.529. The molecule has 0 heterocycles. The first-order chi connectivity index (χ1) is 10.1. The number of hydrogen-bond donors (Lipinski definition) is 1. The van der Waals surface area contributed by atoms with Crippen LogP contribution in [0.5, 0.6) is 0 Å². The number of aryl methyl sites for hydroxylation is 1. The van der Waals surface area contributed by atoms with Crippen LogP contribution in [0.2, 0.25) is 0 Å². The summed E-state index contributed by atoms with van der Waals surface area (Å²) >= 11 is 0. The van der Waals surface area contributed by atoms with E-state index in [1.165, 1.54) is 0 Å². The molecule has 0 bridgehead atoms. The molecule has 110 valence electrons. The van der Waals surface area contributed by atoms with Crippen molar-refractivity contribution in [3.8, 4) is 0 Å². The second-order valence-electron chi connectivity index (χ2n) is 5.66. The minimum absolute atomic E-state index is 0.127. The van der Waals surface area contributed by atoms with Gasteiger partial charge in [0.25, 0.3) is 0 Å². The highest BCUT2D eigenvalue weighted by molar-refractivity contribution is 7.89. The molecule has 1 aliphatic carbocycles. The largest absolute Gasteiger partial charge is 0.241 e. The summed E-state index contributed by atoms with van der Waals surface area (Å²) in [5, 5.41) is 0. The first kappa shape index (κ1) is 14.3. The second-order valence-corrected chi connectivity index (χ2v) is 7.37. The molecule has 3 nitrogen and oxygen atoms in total. The van der Waals surface area contributed by atoms with Gasteiger partial charge < -0.3 is 0 Å². The van der Waals surface area contributed by atoms with E-state index in [-0.39, 0.29) is 6.04 Å². The van der Waals surface area contributed by atoms with Gasteiger partial charge in [-0.2, -0.15) is 0 Å². The Morgan fingerprint density at radius 1 is 1.00 bits per heavy atom. The Kier molecular flexibility index (Phi) is 3.83. The van der Waals surface area contributed by atoms with Crippen LogP contribution in [0.4, 0.5) is 0 Å². The van der Waals surface area contributed by atoms with Crippen LogP contribution in [0.15, 0.2) is 59.5 Å². The van der Waals surface area contributed by atoms with E-state index in [2.05, 4.69) is 4.72 Å². The molecule has 0 aliphatic heterocycles. The van der Waals surface area contributed by atoms with Crippen LogP contribution >= 0.6 is 0 Å². The lowest BCUT2D eigenvalue weighted by Gasteiger charge is -2.19. The Balaban J connectivity index is 1.87. The van der Waals surface area contributed by atoms with Crippen LogP contribution < -0.4 is 4.72 Å². The predicted molar refractivity (Wildman–Crippen MR) is 83.4 cm³/mol. The van der Waals surface area contributed by atoms with Gasteiger partial charge in [-0.25, -0.2) is 13.1 Å². The van der Waals surface area contributed by atoms with E-state index < -0.39 is 10.0 Å². The first-order valence-corrected chi connectivity index (χ1v) is 8.68. The summed E-state index contributed by atoms with van der Waals surface area (Å²) in [6, 6.07) is 16.7. The average Bonchev–Trinajstić information content (AvgIpc) is 3.31. The van der Waals surface area contributed by atoms with Gasteiger partial charge in [-0.3, -0.25) is 0 Å². The molecular weight excluding hydrogens is 282 g/mol. The van der Waals surface area contributed by atoms with Gasteiger partial charge >= 0.3 is 0 Å². The molecule has 0 saturated heterocycles. The quantitative estimate of drug-likeness (QED) is 0.919. The molecule has 0 amide bonds. The Hall–Kier alpha value is -1.65. The van der Waals surface area contributed by atoms with Crippen molar-refractivity contribution in [2.75, 3.05) is 0 Å². The molecule has 0 aromatic heterocycles. The van der Waals surface area contributed by atoms with Gasteiger partial charge in [-0.05, 0) is 43.4 Å². The molecule has 2 aromatic carbocycles. The zero-order valence-corrected chi connectivity index (χ0v) is 12.8. The summed E-state index contributed by atoms with van der Waals surface area (Å²) in [6.07, 6.45) is 2.16. The summed E-state index contributed by atoms with van der Waals surface area (Å²) in [6.45, 7) is 1.95. The van der Waals surface area contributed by atoms with Gasteiger partial charge in [0.05, 0.1) is 4.90 Å². The summed E-state index contributed by atoms with van der Waals surface area (Å²) in [5.74, 6) is 0.410. The molecule has 4 heteroatoms. The van der Waals surface area contributed by atoms with E-state index in [1.54, 1.807) is 12.1 Å². The molecule has 1 aliphatic rings. The highest BCUT2D eigenvalue weighted by Crippen LogP contribution is 2.41. The Bertz CT molecular complexity index is 704. The van der Waals surface area contributed by atoms with Crippen LogP contribution in [0, 0.1) is 12.8 Å².